The Hall–Kier alpha value is -2.87. The van der Waals surface area contributed by atoms with E-state index in [1.807, 2.05) is 24.0 Å². The predicted octanol–water partition coefficient (Wildman–Crippen LogP) is 3.28. The Morgan fingerprint density at radius 2 is 2.04 bits per heavy atom. The third-order valence-electron chi connectivity index (χ3n) is 4.29. The van der Waals surface area contributed by atoms with E-state index in [2.05, 4.69) is 24.6 Å². The number of pyridine rings is 2. The zero-order chi connectivity index (χ0) is 17.9. The lowest BCUT2D eigenvalue weighted by molar-refractivity contribution is 0.0792. The molecule has 0 radical (unpaired) electrons. The number of hydrogen-bond acceptors (Lipinski definition) is 7. The molecule has 1 amide bonds. The molecule has 4 heterocycles. The number of amides is 1. The van der Waals surface area contributed by atoms with Crippen LogP contribution in [0.15, 0.2) is 36.7 Å². The van der Waals surface area contributed by atoms with Gasteiger partial charge in [-0.05, 0) is 43.5 Å². The lowest BCUT2D eigenvalue weighted by atomic mass is 10.2. The van der Waals surface area contributed by atoms with Gasteiger partial charge in [0.2, 0.25) is 5.13 Å². The van der Waals surface area contributed by atoms with E-state index in [0.717, 1.165) is 37.3 Å². The molecule has 7 nitrogen and oxygen atoms in total. The molecule has 4 rings (SSSR count). The van der Waals surface area contributed by atoms with Gasteiger partial charge in [0.25, 0.3) is 5.91 Å². The van der Waals surface area contributed by atoms with Gasteiger partial charge in [-0.1, -0.05) is 6.07 Å². The average Bonchev–Trinajstić information content (AvgIpc) is 3.35. The highest BCUT2D eigenvalue weighted by Crippen LogP contribution is 2.23. The summed E-state index contributed by atoms with van der Waals surface area (Å²) in [7, 11) is 0. The summed E-state index contributed by atoms with van der Waals surface area (Å²) in [5.74, 6) is 1.33. The maximum atomic E-state index is 12.4. The first-order valence-electron chi connectivity index (χ1n) is 8.49. The first-order chi connectivity index (χ1) is 12.7. The molecule has 0 spiro atoms. The van der Waals surface area contributed by atoms with Gasteiger partial charge in [-0.15, -0.1) is 0 Å². The molecule has 26 heavy (non-hydrogen) atoms. The molecular formula is C18H18N6OS. The quantitative estimate of drug-likeness (QED) is 0.763. The van der Waals surface area contributed by atoms with Gasteiger partial charge >= 0.3 is 0 Å². The highest BCUT2D eigenvalue weighted by atomic mass is 32.1. The largest absolute Gasteiger partial charge is 0.339 e. The Morgan fingerprint density at radius 3 is 2.77 bits per heavy atom. The molecule has 0 bridgehead atoms. The number of rotatable bonds is 4. The molecule has 0 atom stereocenters. The highest BCUT2D eigenvalue weighted by molar-refractivity contribution is 7.09. The van der Waals surface area contributed by atoms with Gasteiger partial charge in [-0.3, -0.25) is 9.78 Å². The van der Waals surface area contributed by atoms with Crippen molar-refractivity contribution in [2.75, 3.05) is 18.4 Å². The summed E-state index contributed by atoms with van der Waals surface area (Å²) in [4.78, 5) is 27.4. The van der Waals surface area contributed by atoms with Crippen LogP contribution in [-0.4, -0.2) is 43.2 Å². The third-order valence-corrected chi connectivity index (χ3v) is 4.92. The average molecular weight is 366 g/mol. The van der Waals surface area contributed by atoms with Crippen molar-refractivity contribution >= 4 is 28.4 Å². The van der Waals surface area contributed by atoms with Crippen molar-refractivity contribution in [3.63, 3.8) is 0 Å². The van der Waals surface area contributed by atoms with Crippen LogP contribution in [-0.2, 0) is 0 Å². The summed E-state index contributed by atoms with van der Waals surface area (Å²) in [6, 6.07) is 7.46. The van der Waals surface area contributed by atoms with Crippen LogP contribution in [0.1, 0.15) is 28.8 Å². The minimum atomic E-state index is 0.0424. The fourth-order valence-electron chi connectivity index (χ4n) is 2.85. The van der Waals surface area contributed by atoms with E-state index in [-0.39, 0.29) is 5.91 Å². The molecule has 3 aromatic rings. The van der Waals surface area contributed by atoms with Gasteiger partial charge < -0.3 is 10.2 Å². The second kappa shape index (κ2) is 7.17. The molecule has 1 saturated heterocycles. The summed E-state index contributed by atoms with van der Waals surface area (Å²) in [5, 5.41) is 3.83. The van der Waals surface area contributed by atoms with Crippen LogP contribution in [0.5, 0.6) is 0 Å². The van der Waals surface area contributed by atoms with Crippen molar-refractivity contribution in [3.05, 3.63) is 47.8 Å². The zero-order valence-electron chi connectivity index (χ0n) is 14.3. The van der Waals surface area contributed by atoms with Crippen LogP contribution >= 0.6 is 11.5 Å². The molecule has 0 aliphatic carbocycles. The Bertz CT molecular complexity index is 917. The molecule has 1 aliphatic heterocycles. The van der Waals surface area contributed by atoms with E-state index in [9.17, 15) is 4.79 Å². The molecule has 3 aromatic heterocycles. The minimum Gasteiger partial charge on any atom is -0.339 e. The standard InChI is InChI=1S/C18H18N6OS/c1-12-5-4-8-19-15(12)21-18-22-16(23-26-18)14-7-6-13(11-20-14)17(25)24-9-2-3-10-24/h4-8,11H,2-3,9-10H2,1H3,(H,19,21,22,23). The lowest BCUT2D eigenvalue weighted by Crippen LogP contribution is -2.27. The van der Waals surface area contributed by atoms with Crippen molar-refractivity contribution in [3.8, 4) is 11.5 Å². The predicted molar refractivity (Wildman–Crippen MR) is 101 cm³/mol. The second-order valence-electron chi connectivity index (χ2n) is 6.15. The Kier molecular flexibility index (Phi) is 4.57. The van der Waals surface area contributed by atoms with E-state index >= 15 is 0 Å². The van der Waals surface area contributed by atoms with Gasteiger partial charge in [-0.2, -0.15) is 9.36 Å². The Balaban J connectivity index is 1.49. The number of nitrogens with zero attached hydrogens (tertiary/aromatic N) is 5. The summed E-state index contributed by atoms with van der Waals surface area (Å²) < 4.78 is 4.35. The number of carbonyl (C=O) groups is 1. The third kappa shape index (κ3) is 3.41. The monoisotopic (exact) mass is 366 g/mol. The topological polar surface area (TPSA) is 83.9 Å². The maximum absolute atomic E-state index is 12.4. The summed E-state index contributed by atoms with van der Waals surface area (Å²) in [6.45, 7) is 3.64. The number of hydrogen-bond donors (Lipinski definition) is 1. The zero-order valence-corrected chi connectivity index (χ0v) is 15.2. The van der Waals surface area contributed by atoms with Crippen molar-refractivity contribution in [1.82, 2.24) is 24.2 Å². The fraction of sp³-hybridized carbons (Fsp3) is 0.278. The van der Waals surface area contributed by atoms with Crippen LogP contribution < -0.4 is 5.32 Å². The minimum absolute atomic E-state index is 0.0424. The van der Waals surface area contributed by atoms with Crippen molar-refractivity contribution in [1.29, 1.82) is 0 Å². The summed E-state index contributed by atoms with van der Waals surface area (Å²) in [5.41, 5.74) is 2.28. The SMILES string of the molecule is Cc1cccnc1Nc1nc(-c2ccc(C(=O)N3CCCC3)cn2)ns1. The maximum Gasteiger partial charge on any atom is 0.255 e. The molecular weight excluding hydrogens is 348 g/mol. The van der Waals surface area contributed by atoms with Gasteiger partial charge in [0.05, 0.1) is 5.56 Å². The van der Waals surface area contributed by atoms with Gasteiger partial charge in [0.1, 0.15) is 11.5 Å². The van der Waals surface area contributed by atoms with E-state index in [1.165, 1.54) is 11.5 Å². The lowest BCUT2D eigenvalue weighted by Gasteiger charge is -2.14. The van der Waals surface area contributed by atoms with Crippen LogP contribution in [0.4, 0.5) is 10.9 Å². The second-order valence-corrected chi connectivity index (χ2v) is 6.90. The fourth-order valence-corrected chi connectivity index (χ4v) is 3.43. The molecule has 0 saturated carbocycles. The number of carbonyl (C=O) groups excluding carboxylic acids is 1. The number of aromatic nitrogens is 4. The number of aryl methyl sites for hydroxylation is 1. The van der Waals surface area contributed by atoms with E-state index in [0.29, 0.717) is 22.2 Å². The molecule has 132 valence electrons. The number of nitrogens with one attached hydrogen (secondary N) is 1. The molecule has 0 aromatic carbocycles. The first kappa shape index (κ1) is 16.6. The number of anilines is 2. The van der Waals surface area contributed by atoms with Crippen LogP contribution in [0.25, 0.3) is 11.5 Å². The van der Waals surface area contributed by atoms with Crippen molar-refractivity contribution in [2.45, 2.75) is 19.8 Å². The Morgan fingerprint density at radius 1 is 1.19 bits per heavy atom. The van der Waals surface area contributed by atoms with E-state index in [4.69, 9.17) is 0 Å². The van der Waals surface area contributed by atoms with Gasteiger partial charge in [0, 0.05) is 37.0 Å². The molecule has 1 N–H and O–H groups in total. The molecule has 0 unspecified atom stereocenters. The van der Waals surface area contributed by atoms with E-state index in [1.54, 1.807) is 24.5 Å². The smallest absolute Gasteiger partial charge is 0.255 e. The van der Waals surface area contributed by atoms with Crippen molar-refractivity contribution in [2.24, 2.45) is 0 Å². The molecule has 1 aliphatic rings. The van der Waals surface area contributed by atoms with E-state index < -0.39 is 0 Å². The van der Waals surface area contributed by atoms with Crippen LogP contribution in [0.3, 0.4) is 0 Å². The Labute approximate surface area is 155 Å². The normalized spacial score (nSPS) is 13.8. The van der Waals surface area contributed by atoms with Crippen LogP contribution in [0.2, 0.25) is 0 Å². The molecule has 1 fully saturated rings. The summed E-state index contributed by atoms with van der Waals surface area (Å²) in [6.07, 6.45) is 5.49. The number of likely N-dealkylation sites (tertiary alicyclic amines) is 1. The highest BCUT2D eigenvalue weighted by Gasteiger charge is 2.20. The summed E-state index contributed by atoms with van der Waals surface area (Å²) >= 11 is 1.25. The van der Waals surface area contributed by atoms with Crippen molar-refractivity contribution < 1.29 is 4.79 Å². The van der Waals surface area contributed by atoms with Crippen LogP contribution in [0, 0.1) is 6.92 Å². The first-order valence-corrected chi connectivity index (χ1v) is 9.26. The van der Waals surface area contributed by atoms with Gasteiger partial charge in [-0.25, -0.2) is 4.98 Å². The van der Waals surface area contributed by atoms with Gasteiger partial charge in [0.15, 0.2) is 5.82 Å². The molecule has 8 heteroatoms.